The minimum atomic E-state index is -0.0301. The number of ketones is 2. The van der Waals surface area contributed by atoms with Gasteiger partial charge < -0.3 is 4.74 Å². The fraction of sp³-hybridized carbons (Fsp3) is 0.875. The molecule has 1 saturated carbocycles. The van der Waals surface area contributed by atoms with Gasteiger partial charge in [0, 0.05) is 11.8 Å². The highest BCUT2D eigenvalue weighted by atomic mass is 16.5. The minimum Gasteiger partial charge on any atom is -0.465 e. The molecule has 3 atom stereocenters. The van der Waals surface area contributed by atoms with Crippen molar-refractivity contribution in [2.45, 2.75) is 112 Å². The molecule has 3 unspecified atom stereocenters. The monoisotopic (exact) mass is 396 g/mol. The molecule has 0 amide bonds. The van der Waals surface area contributed by atoms with Crippen molar-refractivity contribution in [2.24, 2.45) is 17.8 Å². The van der Waals surface area contributed by atoms with Crippen LogP contribution in [0.4, 0.5) is 0 Å². The lowest BCUT2D eigenvalue weighted by atomic mass is 10.00. The van der Waals surface area contributed by atoms with Crippen LogP contribution in [0.25, 0.3) is 0 Å². The highest BCUT2D eigenvalue weighted by Crippen LogP contribution is 2.23. The summed E-state index contributed by atoms with van der Waals surface area (Å²) < 4.78 is 5.23. The van der Waals surface area contributed by atoms with Crippen LogP contribution in [-0.2, 0) is 19.1 Å². The van der Waals surface area contributed by atoms with E-state index in [4.69, 9.17) is 4.74 Å². The van der Waals surface area contributed by atoms with Gasteiger partial charge in [-0.05, 0) is 12.8 Å². The third-order valence-electron chi connectivity index (χ3n) is 5.87. The van der Waals surface area contributed by atoms with Crippen molar-refractivity contribution in [2.75, 3.05) is 6.61 Å². The molecule has 0 aromatic heterocycles. The predicted molar refractivity (Wildman–Crippen MR) is 115 cm³/mol. The van der Waals surface area contributed by atoms with Crippen molar-refractivity contribution in [1.29, 1.82) is 0 Å². The topological polar surface area (TPSA) is 60.4 Å². The second-order valence-corrected chi connectivity index (χ2v) is 8.35. The van der Waals surface area contributed by atoms with E-state index in [9.17, 15) is 14.4 Å². The Kier molecular flexibility index (Phi) is 16.0. The second-order valence-electron chi connectivity index (χ2n) is 8.35. The van der Waals surface area contributed by atoms with Crippen LogP contribution >= 0.6 is 0 Å². The minimum absolute atomic E-state index is 0.0292. The molecule has 0 heterocycles. The first-order valence-electron chi connectivity index (χ1n) is 11.6. The van der Waals surface area contributed by atoms with Gasteiger partial charge in [0.2, 0.25) is 0 Å². The van der Waals surface area contributed by atoms with Crippen LogP contribution in [0, 0.1) is 17.8 Å². The van der Waals surface area contributed by atoms with Crippen molar-refractivity contribution < 1.29 is 19.1 Å². The molecule has 0 spiro atoms. The summed E-state index contributed by atoms with van der Waals surface area (Å²) in [7, 11) is 0. The largest absolute Gasteiger partial charge is 0.465 e. The van der Waals surface area contributed by atoms with E-state index in [1.165, 1.54) is 57.8 Å². The molecular weight excluding hydrogens is 352 g/mol. The van der Waals surface area contributed by atoms with E-state index in [0.29, 0.717) is 6.61 Å². The molecule has 0 aromatic rings. The number of rotatable bonds is 13. The Balaban J connectivity index is 0.000000668. The van der Waals surface area contributed by atoms with Gasteiger partial charge in [0.1, 0.15) is 11.6 Å². The third-order valence-corrected chi connectivity index (χ3v) is 5.87. The van der Waals surface area contributed by atoms with Gasteiger partial charge in [-0.25, -0.2) is 0 Å². The summed E-state index contributed by atoms with van der Waals surface area (Å²) in [5, 5.41) is 0. The maximum atomic E-state index is 11.4. The second kappa shape index (κ2) is 16.7. The van der Waals surface area contributed by atoms with Crippen LogP contribution in [0.15, 0.2) is 0 Å². The number of carbonyl (C=O) groups excluding carboxylic acids is 3. The molecule has 0 saturated heterocycles. The Morgan fingerprint density at radius 2 is 1.29 bits per heavy atom. The van der Waals surface area contributed by atoms with Gasteiger partial charge in [0.25, 0.3) is 0 Å². The van der Waals surface area contributed by atoms with E-state index < -0.39 is 0 Å². The Morgan fingerprint density at radius 3 is 1.64 bits per heavy atom. The number of hydrogen-bond acceptors (Lipinski definition) is 4. The zero-order valence-electron chi connectivity index (χ0n) is 19.1. The van der Waals surface area contributed by atoms with Gasteiger partial charge in [-0.1, -0.05) is 92.4 Å². The number of unbranched alkanes of at least 4 members (excludes halogenated alkanes) is 9. The summed E-state index contributed by atoms with van der Waals surface area (Å²) in [6.07, 6.45) is 14.2. The van der Waals surface area contributed by atoms with E-state index in [0.717, 1.165) is 12.8 Å². The van der Waals surface area contributed by atoms with E-state index in [1.807, 2.05) is 27.7 Å². The SMILES string of the molecule is CC1C(=O)CC(=O)C1C.CCCCCCCCCCCCOC(=O)C(C)CC. The van der Waals surface area contributed by atoms with Gasteiger partial charge in [0.05, 0.1) is 18.9 Å². The lowest BCUT2D eigenvalue weighted by Gasteiger charge is -2.08. The maximum absolute atomic E-state index is 11.4. The summed E-state index contributed by atoms with van der Waals surface area (Å²) in [5.41, 5.74) is 0. The quantitative estimate of drug-likeness (QED) is 0.208. The molecule has 1 rings (SSSR count). The zero-order valence-corrected chi connectivity index (χ0v) is 19.1. The summed E-state index contributed by atoms with van der Waals surface area (Å²) in [6.45, 7) is 10.5. The van der Waals surface area contributed by atoms with Crippen molar-refractivity contribution >= 4 is 17.5 Å². The van der Waals surface area contributed by atoms with E-state index in [1.54, 1.807) is 0 Å². The van der Waals surface area contributed by atoms with Crippen LogP contribution in [-0.4, -0.2) is 24.1 Å². The first-order chi connectivity index (χ1) is 13.3. The van der Waals surface area contributed by atoms with Crippen molar-refractivity contribution in [3.05, 3.63) is 0 Å². The first kappa shape index (κ1) is 26.8. The van der Waals surface area contributed by atoms with E-state index >= 15 is 0 Å². The maximum Gasteiger partial charge on any atom is 0.308 e. The Labute approximate surface area is 173 Å². The van der Waals surface area contributed by atoms with Crippen LogP contribution in [0.2, 0.25) is 0 Å². The molecular formula is C24H44O4. The van der Waals surface area contributed by atoms with Crippen molar-refractivity contribution in [3.8, 4) is 0 Å². The molecule has 164 valence electrons. The van der Waals surface area contributed by atoms with E-state index in [-0.39, 0.29) is 41.7 Å². The zero-order chi connectivity index (χ0) is 21.4. The number of Topliss-reactive ketones (excluding diaryl/α,β-unsaturated/α-hetero) is 2. The Hall–Kier alpha value is -1.19. The lowest BCUT2D eigenvalue weighted by Crippen LogP contribution is -2.14. The van der Waals surface area contributed by atoms with Gasteiger partial charge >= 0.3 is 5.97 Å². The molecule has 0 radical (unpaired) electrons. The molecule has 0 aromatic carbocycles. The number of carbonyl (C=O) groups is 3. The molecule has 4 heteroatoms. The first-order valence-corrected chi connectivity index (χ1v) is 11.6. The summed E-state index contributed by atoms with van der Waals surface area (Å²) in [6, 6.07) is 0. The van der Waals surface area contributed by atoms with Gasteiger partial charge in [-0.2, -0.15) is 0 Å². The number of ether oxygens (including phenoxy) is 1. The normalized spacial score (nSPS) is 19.9. The average Bonchev–Trinajstić information content (AvgIpc) is 2.91. The highest BCUT2D eigenvalue weighted by molar-refractivity contribution is 6.08. The molecule has 1 aliphatic carbocycles. The molecule has 0 bridgehead atoms. The highest BCUT2D eigenvalue weighted by Gasteiger charge is 2.34. The fourth-order valence-electron chi connectivity index (χ4n) is 3.12. The van der Waals surface area contributed by atoms with E-state index in [2.05, 4.69) is 6.92 Å². The summed E-state index contributed by atoms with van der Waals surface area (Å²) >= 11 is 0. The Bertz CT molecular complexity index is 426. The predicted octanol–water partition coefficient (Wildman–Crippen LogP) is 6.30. The third kappa shape index (κ3) is 12.3. The average molecular weight is 397 g/mol. The van der Waals surface area contributed by atoms with Gasteiger partial charge in [-0.15, -0.1) is 0 Å². The van der Waals surface area contributed by atoms with Crippen LogP contribution in [0.3, 0.4) is 0 Å². The Morgan fingerprint density at radius 1 is 0.857 bits per heavy atom. The molecule has 4 nitrogen and oxygen atoms in total. The molecule has 28 heavy (non-hydrogen) atoms. The fourth-order valence-corrected chi connectivity index (χ4v) is 3.12. The number of esters is 1. The van der Waals surface area contributed by atoms with Crippen molar-refractivity contribution in [1.82, 2.24) is 0 Å². The van der Waals surface area contributed by atoms with Crippen molar-refractivity contribution in [3.63, 3.8) is 0 Å². The summed E-state index contributed by atoms with van der Waals surface area (Å²) in [5.74, 6) is 0.177. The van der Waals surface area contributed by atoms with Gasteiger partial charge in [-0.3, -0.25) is 14.4 Å². The molecule has 0 aliphatic heterocycles. The van der Waals surface area contributed by atoms with Crippen LogP contribution in [0.5, 0.6) is 0 Å². The lowest BCUT2D eigenvalue weighted by molar-refractivity contribution is -0.148. The van der Waals surface area contributed by atoms with Gasteiger partial charge in [0.15, 0.2) is 0 Å². The molecule has 0 N–H and O–H groups in total. The summed E-state index contributed by atoms with van der Waals surface area (Å²) in [4.78, 5) is 33.0. The van der Waals surface area contributed by atoms with Crippen LogP contribution < -0.4 is 0 Å². The standard InChI is InChI=1S/C17H34O2.C7H10O2/c1-4-6-7-8-9-10-11-12-13-14-15-19-17(18)16(3)5-2;1-4-5(2)7(9)3-6(4)8/h16H,4-15H2,1-3H3;4-5H,3H2,1-2H3. The molecule has 1 aliphatic rings. The molecule has 1 fully saturated rings. The smallest absolute Gasteiger partial charge is 0.308 e. The number of hydrogen-bond donors (Lipinski definition) is 0. The van der Waals surface area contributed by atoms with Crippen LogP contribution in [0.1, 0.15) is 112 Å².